The molecule has 132 valence electrons. The van der Waals surface area contributed by atoms with E-state index in [0.717, 1.165) is 5.69 Å². The van der Waals surface area contributed by atoms with Gasteiger partial charge in [-0.2, -0.15) is 0 Å². The van der Waals surface area contributed by atoms with E-state index in [9.17, 15) is 14.9 Å². The molecule has 0 atom stereocenters. The molecule has 0 bridgehead atoms. The van der Waals surface area contributed by atoms with Gasteiger partial charge in [0.05, 0.1) is 16.1 Å². The number of anilines is 1. The highest BCUT2D eigenvalue weighted by Gasteiger charge is 2.14. The third kappa shape index (κ3) is 4.35. The molecule has 3 rings (SSSR count). The maximum atomic E-state index is 12.3. The van der Waals surface area contributed by atoms with Crippen LogP contribution < -0.4 is 10.1 Å². The summed E-state index contributed by atoms with van der Waals surface area (Å²) in [6.45, 7) is 0.351. The average Bonchev–Trinajstić information content (AvgIpc) is 3.15. The van der Waals surface area contributed by atoms with E-state index in [1.165, 1.54) is 29.5 Å². The summed E-state index contributed by atoms with van der Waals surface area (Å²) in [5, 5.41) is 15.4. The van der Waals surface area contributed by atoms with Crippen LogP contribution in [0.4, 0.5) is 11.4 Å². The Hall–Kier alpha value is -2.97. The molecule has 0 aliphatic rings. The van der Waals surface area contributed by atoms with Crippen molar-refractivity contribution in [3.8, 4) is 5.75 Å². The highest BCUT2D eigenvalue weighted by molar-refractivity contribution is 7.07. The highest BCUT2D eigenvalue weighted by Crippen LogP contribution is 2.27. The summed E-state index contributed by atoms with van der Waals surface area (Å²) in [5.41, 5.74) is 2.97. The van der Waals surface area contributed by atoms with Gasteiger partial charge in [0.1, 0.15) is 17.4 Å². The molecule has 0 aliphatic carbocycles. The van der Waals surface area contributed by atoms with Crippen LogP contribution in [0.3, 0.4) is 0 Å². The lowest BCUT2D eigenvalue weighted by Crippen LogP contribution is -2.12. The number of carbonyl (C=O) groups is 1. The maximum absolute atomic E-state index is 12.3. The minimum atomic E-state index is -0.605. The van der Waals surface area contributed by atoms with E-state index in [0.29, 0.717) is 17.9 Å². The van der Waals surface area contributed by atoms with Crippen molar-refractivity contribution in [1.29, 1.82) is 0 Å². The van der Waals surface area contributed by atoms with Crippen LogP contribution in [0.25, 0.3) is 0 Å². The molecule has 1 N–H and O–H groups in total. The van der Waals surface area contributed by atoms with Crippen LogP contribution in [-0.4, -0.2) is 15.8 Å². The Morgan fingerprint density at radius 3 is 2.69 bits per heavy atom. The number of nitrogens with one attached hydrogen (secondary N) is 1. The normalized spacial score (nSPS) is 10.3. The second kappa shape index (κ2) is 7.94. The highest BCUT2D eigenvalue weighted by atomic mass is 35.5. The van der Waals surface area contributed by atoms with Gasteiger partial charge >= 0.3 is 0 Å². The van der Waals surface area contributed by atoms with Crippen LogP contribution in [0.2, 0.25) is 5.02 Å². The molecule has 3 aromatic rings. The van der Waals surface area contributed by atoms with E-state index in [1.807, 2.05) is 5.38 Å². The lowest BCUT2D eigenvalue weighted by Gasteiger charge is -2.07. The molecule has 1 aromatic heterocycles. The Morgan fingerprint density at radius 1 is 1.27 bits per heavy atom. The lowest BCUT2D eigenvalue weighted by molar-refractivity contribution is -0.384. The minimum Gasteiger partial charge on any atom is -0.487 e. The first-order valence-corrected chi connectivity index (χ1v) is 8.70. The molecular formula is C17H12ClN3O4S. The van der Waals surface area contributed by atoms with Crippen molar-refractivity contribution in [1.82, 2.24) is 4.98 Å². The quantitative estimate of drug-likeness (QED) is 0.493. The van der Waals surface area contributed by atoms with Crippen molar-refractivity contribution in [2.75, 3.05) is 5.32 Å². The SMILES string of the molecule is O=C(Nc1ccc(Cl)c([N+](=O)[O-])c1)c1ccc(OCc2cscn2)cc1. The molecule has 1 heterocycles. The Labute approximate surface area is 157 Å². The van der Waals surface area contributed by atoms with Gasteiger partial charge in [-0.3, -0.25) is 14.9 Å². The molecule has 0 fully saturated rings. The largest absolute Gasteiger partial charge is 0.487 e. The molecule has 9 heteroatoms. The van der Waals surface area contributed by atoms with Gasteiger partial charge in [0, 0.05) is 22.7 Å². The van der Waals surface area contributed by atoms with Crippen LogP contribution in [0.5, 0.6) is 5.75 Å². The Kier molecular flexibility index (Phi) is 5.45. The van der Waals surface area contributed by atoms with Crippen molar-refractivity contribution >= 4 is 40.2 Å². The fourth-order valence-electron chi connectivity index (χ4n) is 2.10. The smallest absolute Gasteiger partial charge is 0.289 e. The van der Waals surface area contributed by atoms with Crippen molar-refractivity contribution in [2.24, 2.45) is 0 Å². The van der Waals surface area contributed by atoms with Crippen LogP contribution >= 0.6 is 22.9 Å². The number of carbonyl (C=O) groups excluding carboxylic acids is 1. The van der Waals surface area contributed by atoms with Crippen LogP contribution in [0, 0.1) is 10.1 Å². The topological polar surface area (TPSA) is 94.4 Å². The van der Waals surface area contributed by atoms with Crippen LogP contribution in [0.1, 0.15) is 16.1 Å². The molecule has 1 amide bonds. The van der Waals surface area contributed by atoms with Crippen molar-refractivity contribution in [2.45, 2.75) is 6.61 Å². The monoisotopic (exact) mass is 389 g/mol. The summed E-state index contributed by atoms with van der Waals surface area (Å²) in [6.07, 6.45) is 0. The number of hydrogen-bond donors (Lipinski definition) is 1. The first-order valence-electron chi connectivity index (χ1n) is 7.38. The van der Waals surface area contributed by atoms with Crippen LogP contribution in [-0.2, 0) is 6.61 Å². The van der Waals surface area contributed by atoms with Gasteiger partial charge in [0.25, 0.3) is 11.6 Å². The summed E-state index contributed by atoms with van der Waals surface area (Å²) in [5.74, 6) is 0.212. The zero-order chi connectivity index (χ0) is 18.5. The molecule has 0 aliphatic heterocycles. The Balaban J connectivity index is 1.64. The van der Waals surface area contributed by atoms with Gasteiger partial charge in [-0.25, -0.2) is 4.98 Å². The number of amides is 1. The van der Waals surface area contributed by atoms with E-state index < -0.39 is 10.8 Å². The fourth-order valence-corrected chi connectivity index (χ4v) is 2.83. The van der Waals surface area contributed by atoms with Crippen LogP contribution in [0.15, 0.2) is 53.4 Å². The number of thiazole rings is 1. The number of nitrogens with zero attached hydrogens (tertiary/aromatic N) is 2. The van der Waals surface area contributed by atoms with E-state index in [4.69, 9.17) is 16.3 Å². The number of halogens is 1. The van der Waals surface area contributed by atoms with E-state index in [1.54, 1.807) is 29.8 Å². The van der Waals surface area contributed by atoms with E-state index in [2.05, 4.69) is 10.3 Å². The second-order valence-electron chi connectivity index (χ2n) is 5.17. The van der Waals surface area contributed by atoms with E-state index >= 15 is 0 Å². The summed E-state index contributed by atoms with van der Waals surface area (Å²) >= 11 is 7.25. The third-order valence-electron chi connectivity index (χ3n) is 3.39. The molecule has 0 saturated heterocycles. The molecule has 26 heavy (non-hydrogen) atoms. The van der Waals surface area contributed by atoms with Crippen molar-refractivity contribution < 1.29 is 14.5 Å². The summed E-state index contributed by atoms with van der Waals surface area (Å²) in [6, 6.07) is 10.6. The fraction of sp³-hybridized carbons (Fsp3) is 0.0588. The predicted octanol–water partition coefficient (Wildman–Crippen LogP) is 4.54. The molecule has 0 saturated carbocycles. The van der Waals surface area contributed by atoms with Gasteiger partial charge in [0.2, 0.25) is 0 Å². The third-order valence-corrected chi connectivity index (χ3v) is 4.34. The first-order chi connectivity index (χ1) is 12.5. The maximum Gasteiger partial charge on any atom is 0.289 e. The molecule has 0 spiro atoms. The summed E-state index contributed by atoms with van der Waals surface area (Å²) < 4.78 is 5.58. The average molecular weight is 390 g/mol. The summed E-state index contributed by atoms with van der Waals surface area (Å²) in [7, 11) is 0. The minimum absolute atomic E-state index is 0.00890. The summed E-state index contributed by atoms with van der Waals surface area (Å²) in [4.78, 5) is 26.7. The number of nitro groups is 1. The zero-order valence-electron chi connectivity index (χ0n) is 13.2. The van der Waals surface area contributed by atoms with E-state index in [-0.39, 0.29) is 16.4 Å². The van der Waals surface area contributed by atoms with Crippen molar-refractivity contribution in [3.63, 3.8) is 0 Å². The second-order valence-corrected chi connectivity index (χ2v) is 6.30. The predicted molar refractivity (Wildman–Crippen MR) is 98.9 cm³/mol. The first kappa shape index (κ1) is 17.8. The van der Waals surface area contributed by atoms with Crippen molar-refractivity contribution in [3.05, 3.63) is 79.7 Å². The molecular weight excluding hydrogens is 378 g/mol. The standard InChI is InChI=1S/C17H12ClN3O4S/c18-15-6-3-12(7-16(15)21(23)24)20-17(22)11-1-4-14(5-2-11)25-8-13-9-26-10-19-13/h1-7,9-10H,8H2,(H,20,22). The molecule has 0 radical (unpaired) electrons. The number of nitro benzene ring substituents is 1. The number of benzene rings is 2. The lowest BCUT2D eigenvalue weighted by atomic mass is 10.2. The molecule has 0 unspecified atom stereocenters. The molecule has 2 aromatic carbocycles. The van der Waals surface area contributed by atoms with Gasteiger partial charge in [0.15, 0.2) is 0 Å². The Bertz CT molecular complexity index is 930. The van der Waals surface area contributed by atoms with Gasteiger partial charge < -0.3 is 10.1 Å². The zero-order valence-corrected chi connectivity index (χ0v) is 14.8. The molecule has 7 nitrogen and oxygen atoms in total. The number of ether oxygens (including phenoxy) is 1. The van der Waals surface area contributed by atoms with Gasteiger partial charge in [-0.15, -0.1) is 11.3 Å². The Morgan fingerprint density at radius 2 is 2.04 bits per heavy atom. The van der Waals surface area contributed by atoms with Gasteiger partial charge in [-0.1, -0.05) is 11.6 Å². The number of hydrogen-bond acceptors (Lipinski definition) is 6. The van der Waals surface area contributed by atoms with Gasteiger partial charge in [-0.05, 0) is 36.4 Å². The number of aromatic nitrogens is 1. The number of rotatable bonds is 6.